The topological polar surface area (TPSA) is 100 Å². The first-order chi connectivity index (χ1) is 18.0. The fourth-order valence-electron chi connectivity index (χ4n) is 4.15. The number of nitrogens with one attached hydrogen (secondary N) is 3. The van der Waals surface area contributed by atoms with Gasteiger partial charge in [0.2, 0.25) is 11.8 Å². The normalized spacial score (nSPS) is 11.6. The van der Waals surface area contributed by atoms with Crippen LogP contribution in [0, 0.1) is 0 Å². The number of benzene rings is 3. The molecule has 37 heavy (non-hydrogen) atoms. The molecule has 0 spiro atoms. The van der Waals surface area contributed by atoms with Crippen LogP contribution in [0.4, 0.5) is 0 Å². The van der Waals surface area contributed by atoms with Crippen LogP contribution in [-0.2, 0) is 27.3 Å². The van der Waals surface area contributed by atoms with Gasteiger partial charge in [-0.05, 0) is 36.6 Å². The third kappa shape index (κ3) is 6.57. The second-order valence-corrected chi connectivity index (χ2v) is 8.95. The second-order valence-electron chi connectivity index (χ2n) is 8.51. The Labute approximate surface area is 220 Å². The molecule has 0 fully saturated rings. The molecular weight excluding hydrogens is 490 g/mol. The molecule has 8 heteroatoms. The number of rotatable bonds is 10. The van der Waals surface area contributed by atoms with Crippen molar-refractivity contribution in [2.45, 2.75) is 32.4 Å². The van der Waals surface area contributed by atoms with Crippen molar-refractivity contribution in [2.75, 3.05) is 6.61 Å². The molecule has 0 aliphatic carbocycles. The summed E-state index contributed by atoms with van der Waals surface area (Å²) in [4.78, 5) is 42.5. The molecule has 0 saturated carbocycles. The van der Waals surface area contributed by atoms with Crippen LogP contribution in [0.1, 0.15) is 46.6 Å². The molecule has 1 unspecified atom stereocenters. The lowest BCUT2D eigenvalue weighted by Gasteiger charge is -2.20. The highest BCUT2D eigenvalue weighted by atomic mass is 35.5. The summed E-state index contributed by atoms with van der Waals surface area (Å²) in [7, 11) is 0. The summed E-state index contributed by atoms with van der Waals surface area (Å²) < 4.78 is 5.25. The Balaban J connectivity index is 1.67. The van der Waals surface area contributed by atoms with Gasteiger partial charge in [0.15, 0.2) is 0 Å². The van der Waals surface area contributed by atoms with E-state index < -0.39 is 17.9 Å². The zero-order valence-electron chi connectivity index (χ0n) is 20.4. The van der Waals surface area contributed by atoms with Crippen molar-refractivity contribution >= 4 is 40.3 Å². The van der Waals surface area contributed by atoms with E-state index in [1.165, 1.54) is 0 Å². The van der Waals surface area contributed by atoms with Crippen LogP contribution in [0.3, 0.4) is 0 Å². The van der Waals surface area contributed by atoms with Crippen molar-refractivity contribution in [3.63, 3.8) is 0 Å². The minimum Gasteiger partial charge on any atom is -0.461 e. The molecule has 4 rings (SSSR count). The Kier molecular flexibility index (Phi) is 8.59. The van der Waals surface area contributed by atoms with E-state index in [1.54, 1.807) is 25.1 Å². The highest BCUT2D eigenvalue weighted by molar-refractivity contribution is 6.31. The maximum atomic E-state index is 13.6. The van der Waals surface area contributed by atoms with Crippen LogP contribution in [0.25, 0.3) is 10.9 Å². The summed E-state index contributed by atoms with van der Waals surface area (Å²) in [6, 6.07) is 23.0. The highest BCUT2D eigenvalue weighted by Crippen LogP contribution is 2.31. The van der Waals surface area contributed by atoms with Gasteiger partial charge in [0.1, 0.15) is 11.7 Å². The molecule has 3 N–H and O–H groups in total. The fraction of sp³-hybridized carbons (Fsp3) is 0.207. The van der Waals surface area contributed by atoms with Gasteiger partial charge < -0.3 is 20.4 Å². The first kappa shape index (κ1) is 26.0. The maximum absolute atomic E-state index is 13.6. The number of amides is 2. The van der Waals surface area contributed by atoms with Crippen LogP contribution >= 0.6 is 11.6 Å². The number of aryl methyl sites for hydroxylation is 1. The van der Waals surface area contributed by atoms with Gasteiger partial charge in [-0.1, -0.05) is 78.3 Å². The number of aromatic nitrogens is 1. The average molecular weight is 518 g/mol. The van der Waals surface area contributed by atoms with E-state index in [0.717, 1.165) is 11.1 Å². The molecule has 0 radical (unpaired) electrons. The number of hydrogen-bond acceptors (Lipinski definition) is 4. The number of halogens is 1. The van der Waals surface area contributed by atoms with Crippen molar-refractivity contribution in [1.29, 1.82) is 0 Å². The van der Waals surface area contributed by atoms with E-state index in [9.17, 15) is 14.4 Å². The van der Waals surface area contributed by atoms with Gasteiger partial charge >= 0.3 is 5.97 Å². The highest BCUT2D eigenvalue weighted by Gasteiger charge is 2.31. The molecule has 3 aromatic carbocycles. The van der Waals surface area contributed by atoms with Gasteiger partial charge in [-0.25, -0.2) is 4.79 Å². The molecule has 4 aromatic rings. The first-order valence-electron chi connectivity index (χ1n) is 12.1. The van der Waals surface area contributed by atoms with E-state index in [4.69, 9.17) is 16.3 Å². The van der Waals surface area contributed by atoms with Gasteiger partial charge in [-0.3, -0.25) is 9.59 Å². The summed E-state index contributed by atoms with van der Waals surface area (Å²) in [6.07, 6.45) is 0.689. The molecule has 0 bridgehead atoms. The molecule has 0 aliphatic rings. The van der Waals surface area contributed by atoms with E-state index in [-0.39, 0.29) is 31.2 Å². The summed E-state index contributed by atoms with van der Waals surface area (Å²) in [6.45, 7) is 2.12. The van der Waals surface area contributed by atoms with E-state index in [2.05, 4.69) is 15.6 Å². The Morgan fingerprint density at radius 3 is 2.30 bits per heavy atom. The minimum atomic E-state index is -1.14. The summed E-state index contributed by atoms with van der Waals surface area (Å²) >= 11 is 6.18. The zero-order valence-corrected chi connectivity index (χ0v) is 21.2. The zero-order chi connectivity index (χ0) is 26.2. The summed E-state index contributed by atoms with van der Waals surface area (Å²) in [5.41, 5.74) is 2.91. The van der Waals surface area contributed by atoms with Gasteiger partial charge in [0, 0.05) is 34.5 Å². The number of carbonyl (C=O) groups is 3. The predicted octanol–water partition coefficient (Wildman–Crippen LogP) is 5.10. The Hall–Kier alpha value is -4.10. The van der Waals surface area contributed by atoms with Crippen molar-refractivity contribution in [1.82, 2.24) is 15.6 Å². The smallest absolute Gasteiger partial charge is 0.355 e. The number of esters is 1. The molecule has 1 atom stereocenters. The van der Waals surface area contributed by atoms with Gasteiger partial charge in [-0.2, -0.15) is 0 Å². The Morgan fingerprint density at radius 2 is 1.62 bits per heavy atom. The van der Waals surface area contributed by atoms with Crippen LogP contribution in [-0.4, -0.2) is 29.4 Å². The maximum Gasteiger partial charge on any atom is 0.355 e. The summed E-state index contributed by atoms with van der Waals surface area (Å²) in [5.74, 6) is -1.38. The van der Waals surface area contributed by atoms with Crippen molar-refractivity contribution in [3.8, 4) is 0 Å². The molecule has 0 saturated heterocycles. The van der Waals surface area contributed by atoms with Gasteiger partial charge in [-0.15, -0.1) is 0 Å². The monoisotopic (exact) mass is 517 g/mol. The van der Waals surface area contributed by atoms with Crippen LogP contribution < -0.4 is 10.6 Å². The van der Waals surface area contributed by atoms with E-state index in [0.29, 0.717) is 27.9 Å². The molecule has 1 heterocycles. The molecular formula is C29H28ClN3O4. The SMILES string of the molecule is CCOC(=O)c1[nH]c2cc(Cl)ccc2c1C(NC(=O)CCc1ccccc1)C(=O)NCc1ccccc1. The third-order valence-corrected chi connectivity index (χ3v) is 6.16. The average Bonchev–Trinajstić information content (AvgIpc) is 3.29. The lowest BCUT2D eigenvalue weighted by Crippen LogP contribution is -2.41. The van der Waals surface area contributed by atoms with Gasteiger partial charge in [0.25, 0.3) is 0 Å². The number of fused-ring (bicyclic) bond motifs is 1. The molecule has 7 nitrogen and oxygen atoms in total. The lowest BCUT2D eigenvalue weighted by atomic mass is 10.0. The molecule has 190 valence electrons. The summed E-state index contributed by atoms with van der Waals surface area (Å²) in [5, 5.41) is 6.81. The van der Waals surface area contributed by atoms with E-state index in [1.807, 2.05) is 60.7 Å². The Morgan fingerprint density at radius 1 is 0.946 bits per heavy atom. The fourth-order valence-corrected chi connectivity index (χ4v) is 4.32. The van der Waals surface area contributed by atoms with Gasteiger partial charge in [0.05, 0.1) is 6.61 Å². The first-order valence-corrected chi connectivity index (χ1v) is 12.5. The molecule has 2 amide bonds. The predicted molar refractivity (Wildman–Crippen MR) is 143 cm³/mol. The van der Waals surface area contributed by atoms with Crippen molar-refractivity contribution < 1.29 is 19.1 Å². The van der Waals surface area contributed by atoms with E-state index >= 15 is 0 Å². The second kappa shape index (κ2) is 12.2. The quantitative estimate of drug-likeness (QED) is 0.255. The largest absolute Gasteiger partial charge is 0.461 e. The number of aromatic amines is 1. The number of hydrogen-bond donors (Lipinski definition) is 3. The van der Waals surface area contributed by atoms with Crippen molar-refractivity contribution in [2.24, 2.45) is 0 Å². The van der Waals surface area contributed by atoms with Crippen LogP contribution in [0.2, 0.25) is 5.02 Å². The molecule has 1 aromatic heterocycles. The Bertz CT molecular complexity index is 1390. The van der Waals surface area contributed by atoms with Crippen molar-refractivity contribution in [3.05, 3.63) is 106 Å². The number of carbonyl (C=O) groups excluding carboxylic acids is 3. The van der Waals surface area contributed by atoms with Crippen LogP contribution in [0.5, 0.6) is 0 Å². The van der Waals surface area contributed by atoms with Crippen LogP contribution in [0.15, 0.2) is 78.9 Å². The lowest BCUT2D eigenvalue weighted by molar-refractivity contribution is -0.129. The molecule has 0 aliphatic heterocycles. The number of H-pyrrole nitrogens is 1. The third-order valence-electron chi connectivity index (χ3n) is 5.93. The number of ether oxygens (including phenoxy) is 1. The standard InChI is InChI=1S/C29H28ClN3O4/c1-2-37-29(36)27-25(22-15-14-21(30)17-23(22)32-27)26(28(35)31-18-20-11-7-4-8-12-20)33-24(34)16-13-19-9-5-3-6-10-19/h3-12,14-15,17,26,32H,2,13,16,18H2,1H3,(H,31,35)(H,33,34). The minimum absolute atomic E-state index is 0.0994.